The van der Waals surface area contributed by atoms with Crippen molar-refractivity contribution >= 4 is 12.6 Å². The molecule has 19 heavy (non-hydrogen) atoms. The molecule has 0 amide bonds. The van der Waals surface area contributed by atoms with Gasteiger partial charge in [-0.05, 0) is 39.2 Å². The number of halogens is 3. The van der Waals surface area contributed by atoms with Gasteiger partial charge in [0.1, 0.15) is 0 Å². The number of hydrogen-bond donors (Lipinski definition) is 0. The van der Waals surface area contributed by atoms with Crippen molar-refractivity contribution in [3.05, 3.63) is 24.0 Å². The van der Waals surface area contributed by atoms with Crippen LogP contribution in [0.1, 0.15) is 33.3 Å². The largest absolute Gasteiger partial charge is 0.495 e. The van der Waals surface area contributed by atoms with E-state index in [9.17, 15) is 13.2 Å². The van der Waals surface area contributed by atoms with Crippen LogP contribution in [0.2, 0.25) is 0 Å². The van der Waals surface area contributed by atoms with Crippen LogP contribution in [0, 0.1) is 0 Å². The summed E-state index contributed by atoms with van der Waals surface area (Å²) in [6, 6.07) is 1.28. The standard InChI is InChI=1S/C12H15BF3NO2/c1-10(2)11(3,4)19-13(18-10)9-5-6-17-7-8(9)12(14,15)16/h5-7H,1-4H3. The molecule has 0 atom stereocenters. The fourth-order valence-electron chi connectivity index (χ4n) is 1.82. The van der Waals surface area contributed by atoms with Gasteiger partial charge in [-0.1, -0.05) is 0 Å². The van der Waals surface area contributed by atoms with Gasteiger partial charge in [0.2, 0.25) is 0 Å². The highest BCUT2D eigenvalue weighted by atomic mass is 19.4. The molecule has 1 aliphatic rings. The summed E-state index contributed by atoms with van der Waals surface area (Å²) in [4.78, 5) is 3.52. The van der Waals surface area contributed by atoms with Gasteiger partial charge in [0.15, 0.2) is 0 Å². The van der Waals surface area contributed by atoms with Crippen molar-refractivity contribution in [3.63, 3.8) is 0 Å². The molecule has 0 aromatic carbocycles. The summed E-state index contributed by atoms with van der Waals surface area (Å²) < 4.78 is 50.1. The second kappa shape index (κ2) is 4.21. The van der Waals surface area contributed by atoms with Gasteiger partial charge in [-0.25, -0.2) is 0 Å². The van der Waals surface area contributed by atoms with Crippen molar-refractivity contribution in [1.82, 2.24) is 4.98 Å². The minimum Gasteiger partial charge on any atom is -0.399 e. The normalized spacial score (nSPS) is 21.7. The van der Waals surface area contributed by atoms with Crippen LogP contribution in [0.15, 0.2) is 18.5 Å². The van der Waals surface area contributed by atoms with Gasteiger partial charge in [0.25, 0.3) is 0 Å². The zero-order valence-electron chi connectivity index (χ0n) is 11.2. The van der Waals surface area contributed by atoms with Crippen LogP contribution in [-0.2, 0) is 15.5 Å². The molecule has 1 aromatic rings. The van der Waals surface area contributed by atoms with Crippen LogP contribution < -0.4 is 5.46 Å². The van der Waals surface area contributed by atoms with Crippen molar-refractivity contribution in [3.8, 4) is 0 Å². The molecule has 0 bridgehead atoms. The average molecular weight is 273 g/mol. The summed E-state index contributed by atoms with van der Waals surface area (Å²) in [6.07, 6.45) is -2.39. The molecule has 0 aliphatic carbocycles. The van der Waals surface area contributed by atoms with Gasteiger partial charge in [-0.3, -0.25) is 4.98 Å². The molecule has 0 unspecified atom stereocenters. The summed E-state index contributed by atoms with van der Waals surface area (Å²) in [5.41, 5.74) is -2.22. The molecular formula is C12H15BF3NO2. The van der Waals surface area contributed by atoms with Crippen molar-refractivity contribution in [1.29, 1.82) is 0 Å². The SMILES string of the molecule is CC1(C)OB(c2ccncc2C(F)(F)F)OC1(C)C. The maximum Gasteiger partial charge on any atom is 0.495 e. The second-order valence-electron chi connectivity index (χ2n) is 5.55. The van der Waals surface area contributed by atoms with Gasteiger partial charge in [0.05, 0.1) is 16.8 Å². The summed E-state index contributed by atoms with van der Waals surface area (Å²) in [5.74, 6) is 0. The zero-order chi connectivity index (χ0) is 14.5. The Balaban J connectivity index is 2.41. The van der Waals surface area contributed by atoms with E-state index in [4.69, 9.17) is 9.31 Å². The van der Waals surface area contributed by atoms with E-state index >= 15 is 0 Å². The van der Waals surface area contributed by atoms with Gasteiger partial charge >= 0.3 is 13.3 Å². The van der Waals surface area contributed by atoms with Gasteiger partial charge in [0, 0.05) is 12.4 Å². The first-order valence-electron chi connectivity index (χ1n) is 5.91. The van der Waals surface area contributed by atoms with E-state index in [0.717, 1.165) is 6.20 Å². The minimum atomic E-state index is -4.48. The molecule has 104 valence electrons. The fraction of sp³-hybridized carbons (Fsp3) is 0.583. The minimum absolute atomic E-state index is 0.0406. The molecule has 2 rings (SSSR count). The maximum atomic E-state index is 12.9. The summed E-state index contributed by atoms with van der Waals surface area (Å²) in [7, 11) is -1.04. The third-order valence-corrected chi connectivity index (χ3v) is 3.67. The Morgan fingerprint density at radius 2 is 1.63 bits per heavy atom. The van der Waals surface area contributed by atoms with E-state index < -0.39 is 30.1 Å². The van der Waals surface area contributed by atoms with Crippen molar-refractivity contribution in [2.75, 3.05) is 0 Å². The van der Waals surface area contributed by atoms with E-state index in [1.165, 1.54) is 12.3 Å². The molecule has 1 aliphatic heterocycles. The monoisotopic (exact) mass is 273 g/mol. The molecule has 0 radical (unpaired) electrons. The van der Waals surface area contributed by atoms with Crippen LogP contribution in [-0.4, -0.2) is 23.3 Å². The Labute approximate surface area is 110 Å². The molecule has 1 fully saturated rings. The van der Waals surface area contributed by atoms with Gasteiger partial charge in [-0.15, -0.1) is 0 Å². The Morgan fingerprint density at radius 3 is 2.11 bits per heavy atom. The van der Waals surface area contributed by atoms with Crippen LogP contribution in [0.25, 0.3) is 0 Å². The number of nitrogens with zero attached hydrogens (tertiary/aromatic N) is 1. The Kier molecular flexibility index (Phi) is 3.18. The number of rotatable bonds is 1. The average Bonchev–Trinajstić information content (AvgIpc) is 2.47. The highest BCUT2D eigenvalue weighted by Gasteiger charge is 2.53. The molecule has 1 aromatic heterocycles. The molecule has 1 saturated heterocycles. The van der Waals surface area contributed by atoms with E-state index in [1.807, 2.05) is 0 Å². The van der Waals surface area contributed by atoms with Crippen molar-refractivity contribution in [2.45, 2.75) is 45.1 Å². The lowest BCUT2D eigenvalue weighted by molar-refractivity contribution is -0.137. The summed E-state index contributed by atoms with van der Waals surface area (Å²) in [6.45, 7) is 7.17. The van der Waals surface area contributed by atoms with Crippen molar-refractivity contribution < 1.29 is 22.5 Å². The van der Waals surface area contributed by atoms with Crippen LogP contribution in [0.3, 0.4) is 0 Å². The quantitative estimate of drug-likeness (QED) is 0.736. The van der Waals surface area contributed by atoms with Crippen molar-refractivity contribution in [2.24, 2.45) is 0 Å². The van der Waals surface area contributed by atoms with Crippen LogP contribution in [0.4, 0.5) is 13.2 Å². The number of pyridine rings is 1. The Morgan fingerprint density at radius 1 is 1.11 bits per heavy atom. The molecular weight excluding hydrogens is 258 g/mol. The second-order valence-corrected chi connectivity index (χ2v) is 5.55. The van der Waals surface area contributed by atoms with E-state index in [-0.39, 0.29) is 5.46 Å². The number of alkyl halides is 3. The Hall–Kier alpha value is -1.08. The summed E-state index contributed by atoms with van der Waals surface area (Å²) >= 11 is 0. The summed E-state index contributed by atoms with van der Waals surface area (Å²) in [5, 5.41) is 0. The lowest BCUT2D eigenvalue weighted by atomic mass is 9.76. The zero-order valence-corrected chi connectivity index (χ0v) is 11.2. The highest BCUT2D eigenvalue weighted by Crippen LogP contribution is 2.37. The molecule has 0 N–H and O–H groups in total. The fourth-order valence-corrected chi connectivity index (χ4v) is 1.82. The molecule has 2 heterocycles. The number of hydrogen-bond acceptors (Lipinski definition) is 3. The predicted octanol–water partition coefficient (Wildman–Crippen LogP) is 2.40. The third kappa shape index (κ3) is 2.49. The van der Waals surface area contributed by atoms with Crippen LogP contribution in [0.5, 0.6) is 0 Å². The van der Waals surface area contributed by atoms with E-state index in [2.05, 4.69) is 4.98 Å². The van der Waals surface area contributed by atoms with E-state index in [1.54, 1.807) is 27.7 Å². The Bertz CT molecular complexity index is 472. The topological polar surface area (TPSA) is 31.4 Å². The first kappa shape index (κ1) is 14.3. The highest BCUT2D eigenvalue weighted by molar-refractivity contribution is 6.62. The first-order valence-corrected chi connectivity index (χ1v) is 5.91. The van der Waals surface area contributed by atoms with E-state index in [0.29, 0.717) is 0 Å². The smallest absolute Gasteiger partial charge is 0.399 e. The lowest BCUT2D eigenvalue weighted by Crippen LogP contribution is -2.41. The molecule has 7 heteroatoms. The van der Waals surface area contributed by atoms with Gasteiger partial charge < -0.3 is 9.31 Å². The molecule has 0 spiro atoms. The lowest BCUT2D eigenvalue weighted by Gasteiger charge is -2.32. The predicted molar refractivity (Wildman–Crippen MR) is 65.0 cm³/mol. The first-order chi connectivity index (χ1) is 8.55. The maximum absolute atomic E-state index is 12.9. The third-order valence-electron chi connectivity index (χ3n) is 3.67. The molecule has 0 saturated carbocycles. The van der Waals surface area contributed by atoms with Crippen LogP contribution >= 0.6 is 0 Å². The number of aromatic nitrogens is 1. The van der Waals surface area contributed by atoms with Gasteiger partial charge in [-0.2, -0.15) is 13.2 Å². The molecule has 3 nitrogen and oxygen atoms in total.